The summed E-state index contributed by atoms with van der Waals surface area (Å²) in [6, 6.07) is 8.72. The normalized spacial score (nSPS) is 20.0. The average Bonchev–Trinajstić information content (AvgIpc) is 3.71. The number of aromatic nitrogens is 1. The summed E-state index contributed by atoms with van der Waals surface area (Å²) in [4.78, 5) is 21.6. The zero-order valence-electron chi connectivity index (χ0n) is 22.9. The van der Waals surface area contributed by atoms with Crippen LogP contribution in [0.15, 0.2) is 42.1 Å². The summed E-state index contributed by atoms with van der Waals surface area (Å²) >= 11 is 20.4. The molecule has 3 aromatic rings. The van der Waals surface area contributed by atoms with E-state index in [2.05, 4.69) is 15.6 Å². The standard InChI is InChI=1S/C30H30Cl3FN4O3S/c1-16-5-8-22(34)28(26(16)32)40-9-10-41-30-36-14-24(42-30)20-11-18-12-35-13-23(37-18)25(20)29(39)38(19-6-7-19)15-17-3-2-4-21(31)27(17)33/h2-5,8,14,18-19,23,35,37H,6-7,9-13,15H2,1H3/t18-,23-/m1/s1. The number of carbonyl (C=O) groups is 1. The fraction of sp³-hybridized carbons (Fsp3) is 0.400. The third-order valence-electron chi connectivity index (χ3n) is 7.73. The highest BCUT2D eigenvalue weighted by Crippen LogP contribution is 2.40. The minimum atomic E-state index is -0.518. The molecule has 12 heteroatoms. The molecule has 2 aromatic carbocycles. The number of carbonyl (C=O) groups excluding carboxylic acids is 1. The van der Waals surface area contributed by atoms with E-state index < -0.39 is 5.82 Å². The minimum absolute atomic E-state index is 0.00419. The molecule has 0 spiro atoms. The van der Waals surface area contributed by atoms with Gasteiger partial charge in [-0.3, -0.25) is 4.79 Å². The number of piperazine rings is 1. The Kier molecular flexibility index (Phi) is 8.96. The summed E-state index contributed by atoms with van der Waals surface area (Å²) in [6.45, 7) is 3.93. The van der Waals surface area contributed by atoms with E-state index in [1.54, 1.807) is 25.3 Å². The van der Waals surface area contributed by atoms with E-state index >= 15 is 0 Å². The van der Waals surface area contributed by atoms with Crippen LogP contribution in [0.1, 0.15) is 35.3 Å². The molecule has 6 rings (SSSR count). The first-order valence-electron chi connectivity index (χ1n) is 13.9. The van der Waals surface area contributed by atoms with Crippen LogP contribution in [0.3, 0.4) is 0 Å². The molecular formula is C30H30Cl3FN4O3S. The van der Waals surface area contributed by atoms with Crippen LogP contribution in [0.2, 0.25) is 15.1 Å². The van der Waals surface area contributed by atoms with Gasteiger partial charge in [0.15, 0.2) is 11.6 Å². The van der Waals surface area contributed by atoms with Crippen LogP contribution in [0.4, 0.5) is 4.39 Å². The van der Waals surface area contributed by atoms with Gasteiger partial charge in [-0.25, -0.2) is 9.37 Å². The molecular weight excluding hydrogens is 622 g/mol. The van der Waals surface area contributed by atoms with E-state index in [4.69, 9.17) is 44.3 Å². The SMILES string of the molecule is Cc1ccc(F)c(OCCOc2ncc(C3=C(C(=O)N(Cc4cccc(Cl)c4Cl)C4CC4)[C@H]4CNC[C@@H](C3)N4)s2)c1Cl. The number of rotatable bonds is 10. The van der Waals surface area contributed by atoms with E-state index in [0.717, 1.165) is 46.5 Å². The van der Waals surface area contributed by atoms with Crippen molar-refractivity contribution in [3.8, 4) is 10.9 Å². The molecule has 2 bridgehead atoms. The molecule has 2 atom stereocenters. The van der Waals surface area contributed by atoms with Crippen molar-refractivity contribution >= 4 is 57.6 Å². The summed E-state index contributed by atoms with van der Waals surface area (Å²) in [5.41, 5.74) is 3.31. The van der Waals surface area contributed by atoms with Crippen LogP contribution in [-0.2, 0) is 11.3 Å². The summed E-state index contributed by atoms with van der Waals surface area (Å²) in [5.74, 6) is -0.498. The Labute approximate surface area is 262 Å². The van der Waals surface area contributed by atoms with E-state index in [1.165, 1.54) is 17.4 Å². The molecule has 1 saturated heterocycles. The Bertz CT molecular complexity index is 1530. The van der Waals surface area contributed by atoms with Gasteiger partial charge in [0, 0.05) is 43.5 Å². The lowest BCUT2D eigenvalue weighted by Gasteiger charge is -2.40. The Morgan fingerprint density at radius 2 is 1.93 bits per heavy atom. The molecule has 42 heavy (non-hydrogen) atoms. The van der Waals surface area contributed by atoms with Crippen LogP contribution < -0.4 is 20.1 Å². The van der Waals surface area contributed by atoms with Gasteiger partial charge >= 0.3 is 0 Å². The highest BCUT2D eigenvalue weighted by Gasteiger charge is 2.41. The lowest BCUT2D eigenvalue weighted by atomic mass is 9.86. The summed E-state index contributed by atoms with van der Waals surface area (Å²) in [5, 5.41) is 8.77. The van der Waals surface area contributed by atoms with E-state index in [-0.39, 0.29) is 48.0 Å². The van der Waals surface area contributed by atoms with E-state index in [0.29, 0.717) is 34.7 Å². The van der Waals surface area contributed by atoms with Gasteiger partial charge in [-0.1, -0.05) is 64.3 Å². The second kappa shape index (κ2) is 12.7. The molecule has 1 saturated carbocycles. The molecule has 1 aliphatic carbocycles. The maximum atomic E-state index is 14.3. The Morgan fingerprint density at radius 3 is 2.74 bits per heavy atom. The third-order valence-corrected chi connectivity index (χ3v) is 10.0. The van der Waals surface area contributed by atoms with Crippen molar-refractivity contribution in [3.05, 3.63) is 79.0 Å². The quantitative estimate of drug-likeness (QED) is 0.251. The van der Waals surface area contributed by atoms with Gasteiger partial charge in [-0.05, 0) is 55.0 Å². The van der Waals surface area contributed by atoms with Crippen molar-refractivity contribution in [2.75, 3.05) is 26.3 Å². The number of thiazole rings is 1. The molecule has 222 valence electrons. The Balaban J connectivity index is 1.21. The molecule has 1 amide bonds. The van der Waals surface area contributed by atoms with Gasteiger partial charge in [-0.2, -0.15) is 0 Å². The molecule has 1 aromatic heterocycles. The first kappa shape index (κ1) is 29.7. The fourth-order valence-electron chi connectivity index (χ4n) is 5.46. The molecule has 2 aliphatic heterocycles. The second-order valence-electron chi connectivity index (χ2n) is 10.7. The van der Waals surface area contributed by atoms with Crippen molar-refractivity contribution in [2.45, 2.75) is 50.9 Å². The maximum absolute atomic E-state index is 14.3. The number of nitrogens with one attached hydrogen (secondary N) is 2. The molecule has 3 aliphatic rings. The number of hydrogen-bond donors (Lipinski definition) is 2. The van der Waals surface area contributed by atoms with Crippen molar-refractivity contribution in [3.63, 3.8) is 0 Å². The van der Waals surface area contributed by atoms with Crippen LogP contribution in [0, 0.1) is 12.7 Å². The molecule has 3 heterocycles. The largest absolute Gasteiger partial charge is 0.485 e. The maximum Gasteiger partial charge on any atom is 0.273 e. The first-order valence-corrected chi connectivity index (χ1v) is 15.8. The van der Waals surface area contributed by atoms with Gasteiger partial charge in [-0.15, -0.1) is 0 Å². The fourth-order valence-corrected chi connectivity index (χ4v) is 6.91. The van der Waals surface area contributed by atoms with E-state index in [9.17, 15) is 9.18 Å². The zero-order chi connectivity index (χ0) is 29.4. The van der Waals surface area contributed by atoms with Crippen molar-refractivity contribution in [1.29, 1.82) is 0 Å². The molecule has 2 N–H and O–H groups in total. The number of hydrogen-bond acceptors (Lipinski definition) is 7. The van der Waals surface area contributed by atoms with E-state index in [1.807, 2.05) is 17.0 Å². The summed E-state index contributed by atoms with van der Waals surface area (Å²) < 4.78 is 25.5. The predicted octanol–water partition coefficient (Wildman–Crippen LogP) is 6.29. The number of benzene rings is 2. The third kappa shape index (κ3) is 6.27. The lowest BCUT2D eigenvalue weighted by Crippen LogP contribution is -2.59. The van der Waals surface area contributed by atoms with Crippen LogP contribution in [0.5, 0.6) is 10.9 Å². The predicted molar refractivity (Wildman–Crippen MR) is 164 cm³/mol. The Morgan fingerprint density at radius 1 is 1.12 bits per heavy atom. The number of halogens is 4. The topological polar surface area (TPSA) is 75.7 Å². The van der Waals surface area contributed by atoms with Gasteiger partial charge < -0.3 is 25.0 Å². The lowest BCUT2D eigenvalue weighted by molar-refractivity contribution is -0.128. The van der Waals surface area contributed by atoms with Gasteiger partial charge in [0.05, 0.1) is 26.0 Å². The number of nitrogens with zero attached hydrogens (tertiary/aromatic N) is 2. The van der Waals surface area contributed by atoms with Gasteiger partial charge in [0.1, 0.15) is 13.2 Å². The molecule has 2 fully saturated rings. The van der Waals surface area contributed by atoms with Crippen LogP contribution >= 0.6 is 46.1 Å². The monoisotopic (exact) mass is 650 g/mol. The molecule has 7 nitrogen and oxygen atoms in total. The summed E-state index contributed by atoms with van der Waals surface area (Å²) in [6.07, 6.45) is 4.38. The average molecular weight is 652 g/mol. The van der Waals surface area contributed by atoms with Gasteiger partial charge in [0.2, 0.25) is 0 Å². The smallest absolute Gasteiger partial charge is 0.273 e. The molecule has 0 unspecified atom stereocenters. The molecule has 0 radical (unpaired) electrons. The highest BCUT2D eigenvalue weighted by molar-refractivity contribution is 7.14. The zero-order valence-corrected chi connectivity index (χ0v) is 26.0. The number of fused-ring (bicyclic) bond motifs is 2. The highest BCUT2D eigenvalue weighted by atomic mass is 35.5. The minimum Gasteiger partial charge on any atom is -0.485 e. The van der Waals surface area contributed by atoms with Crippen LogP contribution in [0.25, 0.3) is 5.57 Å². The number of aryl methyl sites for hydroxylation is 1. The first-order chi connectivity index (χ1) is 20.3. The van der Waals surface area contributed by atoms with Crippen molar-refractivity contribution in [2.24, 2.45) is 0 Å². The Hall–Kier alpha value is -2.40. The van der Waals surface area contributed by atoms with Crippen molar-refractivity contribution in [1.82, 2.24) is 20.5 Å². The van der Waals surface area contributed by atoms with Gasteiger partial charge in [0.25, 0.3) is 11.1 Å². The number of ether oxygens (including phenoxy) is 2. The van der Waals surface area contributed by atoms with Crippen molar-refractivity contribution < 1.29 is 18.7 Å². The summed E-state index contributed by atoms with van der Waals surface area (Å²) in [7, 11) is 0. The second-order valence-corrected chi connectivity index (χ2v) is 12.9. The van der Waals surface area contributed by atoms with Crippen LogP contribution in [-0.4, -0.2) is 60.2 Å². The number of amides is 1.